The fourth-order valence-corrected chi connectivity index (χ4v) is 2.49. The van der Waals surface area contributed by atoms with E-state index in [0.717, 1.165) is 24.8 Å². The van der Waals surface area contributed by atoms with Gasteiger partial charge in [0.2, 0.25) is 0 Å². The third-order valence-electron chi connectivity index (χ3n) is 3.72. The normalized spacial score (nSPS) is 18.1. The molecule has 2 nitrogen and oxygen atoms in total. The number of hydrogen-bond acceptors (Lipinski definition) is 2. The average Bonchev–Trinajstić information content (AvgIpc) is 2.42. The van der Waals surface area contributed by atoms with Crippen LogP contribution < -0.4 is 4.84 Å². The van der Waals surface area contributed by atoms with Crippen molar-refractivity contribution in [3.63, 3.8) is 0 Å². The fraction of sp³-hybridized carbons (Fsp3) is 0.375. The van der Waals surface area contributed by atoms with Crippen LogP contribution in [0.5, 0.6) is 5.75 Å². The van der Waals surface area contributed by atoms with Crippen LogP contribution in [0.4, 0.5) is 0 Å². The molecule has 0 aromatic heterocycles. The van der Waals surface area contributed by atoms with Gasteiger partial charge in [0.05, 0.1) is 0 Å². The maximum absolute atomic E-state index is 6.05. The third kappa shape index (κ3) is 2.34. The smallest absolute Gasteiger partial charge is 0.155 e. The van der Waals surface area contributed by atoms with Crippen molar-refractivity contribution in [1.29, 1.82) is 0 Å². The van der Waals surface area contributed by atoms with Gasteiger partial charge in [0.1, 0.15) is 0 Å². The van der Waals surface area contributed by atoms with Gasteiger partial charge >= 0.3 is 0 Å². The Balaban J connectivity index is 1.82. The van der Waals surface area contributed by atoms with E-state index in [-0.39, 0.29) is 0 Å². The first-order valence-corrected chi connectivity index (χ1v) is 6.73. The van der Waals surface area contributed by atoms with E-state index in [9.17, 15) is 0 Å². The monoisotopic (exact) mass is 241 g/mol. The first-order chi connectivity index (χ1) is 8.83. The van der Waals surface area contributed by atoms with Gasteiger partial charge in [-0.1, -0.05) is 43.3 Å². The molecule has 0 unspecified atom stereocenters. The molecule has 0 saturated carbocycles. The van der Waals surface area contributed by atoms with Crippen molar-refractivity contribution in [2.45, 2.75) is 19.8 Å². The van der Waals surface area contributed by atoms with Gasteiger partial charge in [-0.2, -0.15) is 0 Å². The number of piperidine rings is 1. The first kappa shape index (κ1) is 11.5. The van der Waals surface area contributed by atoms with Gasteiger partial charge in [-0.3, -0.25) is 0 Å². The predicted molar refractivity (Wildman–Crippen MR) is 74.5 cm³/mol. The minimum Gasteiger partial charge on any atom is -0.405 e. The molecule has 0 spiro atoms. The van der Waals surface area contributed by atoms with Crippen LogP contribution in [0.3, 0.4) is 0 Å². The summed E-state index contributed by atoms with van der Waals surface area (Å²) in [6, 6.07) is 14.6. The van der Waals surface area contributed by atoms with E-state index in [0.29, 0.717) is 0 Å². The molecular weight excluding hydrogens is 222 g/mol. The van der Waals surface area contributed by atoms with Crippen molar-refractivity contribution < 1.29 is 4.84 Å². The second kappa shape index (κ2) is 4.99. The number of fused-ring (bicyclic) bond motifs is 1. The highest BCUT2D eigenvalue weighted by molar-refractivity contribution is 5.88. The molecule has 94 valence electrons. The van der Waals surface area contributed by atoms with Crippen molar-refractivity contribution in [2.24, 2.45) is 5.92 Å². The van der Waals surface area contributed by atoms with Gasteiger partial charge in [0.25, 0.3) is 0 Å². The molecule has 3 rings (SSSR count). The topological polar surface area (TPSA) is 12.5 Å². The van der Waals surface area contributed by atoms with Gasteiger partial charge in [-0.15, -0.1) is 5.06 Å². The first-order valence-electron chi connectivity index (χ1n) is 6.73. The van der Waals surface area contributed by atoms with Crippen molar-refractivity contribution >= 4 is 10.8 Å². The van der Waals surface area contributed by atoms with Crippen LogP contribution >= 0.6 is 0 Å². The lowest BCUT2D eigenvalue weighted by Crippen LogP contribution is -2.35. The lowest BCUT2D eigenvalue weighted by Gasteiger charge is -2.29. The molecule has 18 heavy (non-hydrogen) atoms. The van der Waals surface area contributed by atoms with E-state index in [1.165, 1.54) is 23.6 Å². The molecule has 1 saturated heterocycles. The Labute approximate surface area is 108 Å². The number of rotatable bonds is 2. The van der Waals surface area contributed by atoms with Gasteiger partial charge in [0, 0.05) is 18.5 Å². The highest BCUT2D eigenvalue weighted by atomic mass is 16.7. The zero-order valence-electron chi connectivity index (χ0n) is 10.8. The van der Waals surface area contributed by atoms with Crippen LogP contribution in [-0.2, 0) is 0 Å². The molecule has 0 radical (unpaired) electrons. The summed E-state index contributed by atoms with van der Waals surface area (Å²) >= 11 is 0. The quantitative estimate of drug-likeness (QED) is 0.791. The molecule has 0 amide bonds. The van der Waals surface area contributed by atoms with Crippen LogP contribution in [0, 0.1) is 5.92 Å². The lowest BCUT2D eigenvalue weighted by molar-refractivity contribution is -0.0788. The minimum atomic E-state index is 0.831. The fourth-order valence-electron chi connectivity index (χ4n) is 2.49. The Morgan fingerprint density at radius 2 is 1.72 bits per heavy atom. The van der Waals surface area contributed by atoms with Gasteiger partial charge in [-0.25, -0.2) is 0 Å². The minimum absolute atomic E-state index is 0.831. The summed E-state index contributed by atoms with van der Waals surface area (Å²) < 4.78 is 0. The van der Waals surface area contributed by atoms with E-state index in [2.05, 4.69) is 54.5 Å². The zero-order valence-corrected chi connectivity index (χ0v) is 10.8. The second-order valence-corrected chi connectivity index (χ2v) is 5.18. The summed E-state index contributed by atoms with van der Waals surface area (Å²) in [5.74, 6) is 1.81. The van der Waals surface area contributed by atoms with Crippen molar-refractivity contribution in [2.75, 3.05) is 13.1 Å². The average molecular weight is 241 g/mol. The number of nitrogens with zero attached hydrogens (tertiary/aromatic N) is 1. The van der Waals surface area contributed by atoms with Crippen LogP contribution in [0.25, 0.3) is 10.8 Å². The maximum atomic E-state index is 6.05. The molecule has 1 aliphatic heterocycles. The predicted octanol–water partition coefficient (Wildman–Crippen LogP) is 3.87. The molecular formula is C16H19NO. The lowest BCUT2D eigenvalue weighted by atomic mass is 10.0. The number of hydroxylamine groups is 2. The number of hydrogen-bond donors (Lipinski definition) is 0. The van der Waals surface area contributed by atoms with Crippen molar-refractivity contribution in [1.82, 2.24) is 5.06 Å². The number of benzene rings is 2. The Morgan fingerprint density at radius 3 is 2.56 bits per heavy atom. The van der Waals surface area contributed by atoms with Crippen LogP contribution in [0.15, 0.2) is 42.5 Å². The van der Waals surface area contributed by atoms with Gasteiger partial charge < -0.3 is 4.84 Å². The van der Waals surface area contributed by atoms with E-state index in [1.807, 2.05) is 0 Å². The molecule has 0 bridgehead atoms. The summed E-state index contributed by atoms with van der Waals surface area (Å²) in [5.41, 5.74) is 0. The van der Waals surface area contributed by atoms with E-state index < -0.39 is 0 Å². The molecule has 1 fully saturated rings. The third-order valence-corrected chi connectivity index (χ3v) is 3.72. The summed E-state index contributed by atoms with van der Waals surface area (Å²) in [6.45, 7) is 4.38. The largest absolute Gasteiger partial charge is 0.405 e. The molecule has 2 heteroatoms. The highest BCUT2D eigenvalue weighted by Gasteiger charge is 2.17. The van der Waals surface area contributed by atoms with E-state index in [4.69, 9.17) is 4.84 Å². The molecule has 2 aromatic rings. The van der Waals surface area contributed by atoms with Crippen molar-refractivity contribution in [3.05, 3.63) is 42.5 Å². The Kier molecular flexibility index (Phi) is 3.20. The Hall–Kier alpha value is -1.54. The standard InChI is InChI=1S/C16H19NO/c1-13-9-11-17(12-10-13)18-16-8-4-6-14-5-2-3-7-15(14)16/h2-8,13H,9-12H2,1H3. The molecule has 1 heterocycles. The van der Waals surface area contributed by atoms with Crippen LogP contribution in [-0.4, -0.2) is 18.2 Å². The molecule has 0 atom stereocenters. The maximum Gasteiger partial charge on any atom is 0.155 e. The SMILES string of the molecule is CC1CCN(Oc2cccc3ccccc23)CC1. The summed E-state index contributed by atoms with van der Waals surface area (Å²) in [7, 11) is 0. The Bertz CT molecular complexity index is 524. The second-order valence-electron chi connectivity index (χ2n) is 5.18. The van der Waals surface area contributed by atoms with Gasteiger partial charge in [0.15, 0.2) is 5.75 Å². The molecule has 0 aliphatic carbocycles. The van der Waals surface area contributed by atoms with E-state index in [1.54, 1.807) is 0 Å². The highest BCUT2D eigenvalue weighted by Crippen LogP contribution is 2.27. The summed E-state index contributed by atoms with van der Waals surface area (Å²) in [4.78, 5) is 6.05. The van der Waals surface area contributed by atoms with Crippen LogP contribution in [0.2, 0.25) is 0 Å². The summed E-state index contributed by atoms with van der Waals surface area (Å²) in [5, 5.41) is 4.53. The Morgan fingerprint density at radius 1 is 1.00 bits per heavy atom. The molecule has 2 aromatic carbocycles. The zero-order chi connectivity index (χ0) is 12.4. The molecule has 0 N–H and O–H groups in total. The van der Waals surface area contributed by atoms with Gasteiger partial charge in [-0.05, 0) is 30.2 Å². The molecule has 1 aliphatic rings. The van der Waals surface area contributed by atoms with Crippen LogP contribution in [0.1, 0.15) is 19.8 Å². The van der Waals surface area contributed by atoms with E-state index >= 15 is 0 Å². The van der Waals surface area contributed by atoms with Crippen molar-refractivity contribution in [3.8, 4) is 5.75 Å². The summed E-state index contributed by atoms with van der Waals surface area (Å²) in [6.07, 6.45) is 2.45.